The maximum atomic E-state index is 10.4. The molecule has 1 rings (SSSR count). The standard InChI is InChI=1S/C14H29NO2/c1-8-15(10(2)3)9-11-12(16)14(6,7)17-13(11,4)5/h10-12,16H,8-9H2,1-7H3. The van der Waals surface area contributed by atoms with E-state index in [1.54, 1.807) is 0 Å². The van der Waals surface area contributed by atoms with Gasteiger partial charge in [-0.15, -0.1) is 0 Å². The molecule has 2 unspecified atom stereocenters. The van der Waals surface area contributed by atoms with Crippen LogP contribution in [0.5, 0.6) is 0 Å². The number of aliphatic hydroxyl groups excluding tert-OH is 1. The van der Waals surface area contributed by atoms with Gasteiger partial charge < -0.3 is 14.7 Å². The molecular weight excluding hydrogens is 214 g/mol. The molecule has 0 aliphatic carbocycles. The lowest BCUT2D eigenvalue weighted by Crippen LogP contribution is -2.45. The van der Waals surface area contributed by atoms with Gasteiger partial charge in [0.1, 0.15) is 0 Å². The zero-order chi connectivity index (χ0) is 13.4. The molecule has 0 saturated carbocycles. The minimum absolute atomic E-state index is 0.167. The summed E-state index contributed by atoms with van der Waals surface area (Å²) in [4.78, 5) is 2.39. The van der Waals surface area contributed by atoms with Crippen molar-refractivity contribution in [3.05, 3.63) is 0 Å². The number of ether oxygens (including phenoxy) is 1. The van der Waals surface area contributed by atoms with Gasteiger partial charge in [-0.1, -0.05) is 6.92 Å². The fraction of sp³-hybridized carbons (Fsp3) is 1.00. The summed E-state index contributed by atoms with van der Waals surface area (Å²) in [7, 11) is 0. The third-order valence-electron chi connectivity index (χ3n) is 4.08. The van der Waals surface area contributed by atoms with Crippen LogP contribution in [-0.2, 0) is 4.74 Å². The van der Waals surface area contributed by atoms with Gasteiger partial charge in [0.15, 0.2) is 0 Å². The minimum atomic E-state index is -0.440. The highest BCUT2D eigenvalue weighted by Crippen LogP contribution is 2.42. The molecule has 1 heterocycles. The second-order valence-electron chi connectivity index (χ2n) is 6.54. The zero-order valence-electron chi connectivity index (χ0n) is 12.4. The van der Waals surface area contributed by atoms with Crippen LogP contribution in [0.15, 0.2) is 0 Å². The van der Waals surface area contributed by atoms with E-state index in [-0.39, 0.29) is 11.5 Å². The molecule has 0 amide bonds. The lowest BCUT2D eigenvalue weighted by Gasteiger charge is -2.34. The van der Waals surface area contributed by atoms with E-state index in [0.717, 1.165) is 13.1 Å². The van der Waals surface area contributed by atoms with Gasteiger partial charge in [-0.05, 0) is 48.1 Å². The van der Waals surface area contributed by atoms with Crippen LogP contribution in [0.2, 0.25) is 0 Å². The Labute approximate surface area is 106 Å². The summed E-state index contributed by atoms with van der Waals surface area (Å²) in [5.41, 5.74) is -0.699. The van der Waals surface area contributed by atoms with E-state index in [9.17, 15) is 5.11 Å². The summed E-state index contributed by atoms with van der Waals surface area (Å²) in [6.07, 6.45) is -0.398. The summed E-state index contributed by atoms with van der Waals surface area (Å²) in [5, 5.41) is 10.4. The van der Waals surface area contributed by atoms with Crippen LogP contribution in [0, 0.1) is 5.92 Å². The quantitative estimate of drug-likeness (QED) is 0.822. The molecule has 102 valence electrons. The Kier molecular flexibility index (Phi) is 4.28. The highest BCUT2D eigenvalue weighted by molar-refractivity contribution is 5.02. The van der Waals surface area contributed by atoms with Crippen LogP contribution in [0.3, 0.4) is 0 Å². The number of rotatable bonds is 4. The Bertz CT molecular complexity index is 261. The van der Waals surface area contributed by atoms with Gasteiger partial charge in [0.2, 0.25) is 0 Å². The molecule has 3 nitrogen and oxygen atoms in total. The lowest BCUT2D eigenvalue weighted by atomic mass is 9.84. The van der Waals surface area contributed by atoms with Crippen LogP contribution in [-0.4, -0.2) is 46.4 Å². The Morgan fingerprint density at radius 2 is 1.71 bits per heavy atom. The predicted octanol–water partition coefficient (Wildman–Crippen LogP) is 2.28. The second-order valence-corrected chi connectivity index (χ2v) is 6.54. The fourth-order valence-electron chi connectivity index (χ4n) is 2.96. The summed E-state index contributed by atoms with van der Waals surface area (Å²) < 4.78 is 6.01. The molecule has 1 fully saturated rings. The molecule has 2 atom stereocenters. The normalized spacial score (nSPS) is 31.4. The van der Waals surface area contributed by atoms with Gasteiger partial charge in [0.05, 0.1) is 17.3 Å². The van der Waals surface area contributed by atoms with Gasteiger partial charge in [-0.2, -0.15) is 0 Å². The largest absolute Gasteiger partial charge is 0.390 e. The van der Waals surface area contributed by atoms with Crippen molar-refractivity contribution >= 4 is 0 Å². The summed E-state index contributed by atoms with van der Waals surface area (Å²) in [6, 6.07) is 0.506. The number of aliphatic hydroxyl groups is 1. The van der Waals surface area contributed by atoms with E-state index in [1.165, 1.54) is 0 Å². The zero-order valence-corrected chi connectivity index (χ0v) is 12.4. The van der Waals surface area contributed by atoms with Crippen molar-refractivity contribution in [2.45, 2.75) is 71.8 Å². The van der Waals surface area contributed by atoms with Crippen LogP contribution in [0.1, 0.15) is 48.5 Å². The average Bonchev–Trinajstić information content (AvgIpc) is 2.29. The smallest absolute Gasteiger partial charge is 0.0896 e. The first-order chi connectivity index (χ1) is 7.62. The van der Waals surface area contributed by atoms with Gasteiger partial charge in [0.25, 0.3) is 0 Å². The first-order valence-corrected chi connectivity index (χ1v) is 6.74. The minimum Gasteiger partial charge on any atom is -0.390 e. The summed E-state index contributed by atoms with van der Waals surface area (Å²) >= 11 is 0. The van der Waals surface area contributed by atoms with E-state index in [0.29, 0.717) is 6.04 Å². The van der Waals surface area contributed by atoms with Gasteiger partial charge in [-0.3, -0.25) is 0 Å². The van der Waals surface area contributed by atoms with Gasteiger partial charge in [-0.25, -0.2) is 0 Å². The molecule has 0 aromatic rings. The van der Waals surface area contributed by atoms with Crippen molar-refractivity contribution in [2.75, 3.05) is 13.1 Å². The molecule has 1 N–H and O–H groups in total. The Morgan fingerprint density at radius 1 is 1.18 bits per heavy atom. The van der Waals surface area contributed by atoms with Gasteiger partial charge in [0, 0.05) is 18.5 Å². The lowest BCUT2D eigenvalue weighted by molar-refractivity contribution is -0.0914. The third-order valence-corrected chi connectivity index (χ3v) is 4.08. The van der Waals surface area contributed by atoms with E-state index >= 15 is 0 Å². The van der Waals surface area contributed by atoms with Crippen molar-refractivity contribution in [3.63, 3.8) is 0 Å². The maximum Gasteiger partial charge on any atom is 0.0896 e. The highest BCUT2D eigenvalue weighted by atomic mass is 16.5. The van der Waals surface area contributed by atoms with E-state index in [2.05, 4.69) is 39.5 Å². The highest BCUT2D eigenvalue weighted by Gasteiger charge is 2.53. The molecule has 0 spiro atoms. The Hall–Kier alpha value is -0.120. The molecule has 1 saturated heterocycles. The average molecular weight is 243 g/mol. The van der Waals surface area contributed by atoms with E-state index < -0.39 is 11.7 Å². The molecule has 0 aromatic carbocycles. The SMILES string of the molecule is CCN(CC1C(O)C(C)(C)OC1(C)C)C(C)C. The molecule has 3 heteroatoms. The first-order valence-electron chi connectivity index (χ1n) is 6.74. The molecule has 1 aliphatic heterocycles. The van der Waals surface area contributed by atoms with Crippen molar-refractivity contribution < 1.29 is 9.84 Å². The topological polar surface area (TPSA) is 32.7 Å². The van der Waals surface area contributed by atoms with Crippen molar-refractivity contribution in [1.29, 1.82) is 0 Å². The molecule has 0 aromatic heterocycles. The summed E-state index contributed by atoms with van der Waals surface area (Å²) in [6.45, 7) is 16.6. The van der Waals surface area contributed by atoms with Crippen LogP contribution >= 0.6 is 0 Å². The third kappa shape index (κ3) is 3.01. The number of hydrogen-bond acceptors (Lipinski definition) is 3. The van der Waals surface area contributed by atoms with Gasteiger partial charge >= 0.3 is 0 Å². The maximum absolute atomic E-state index is 10.4. The van der Waals surface area contributed by atoms with E-state index in [4.69, 9.17) is 4.74 Å². The Morgan fingerprint density at radius 3 is 2.00 bits per heavy atom. The van der Waals surface area contributed by atoms with Crippen molar-refractivity contribution in [2.24, 2.45) is 5.92 Å². The molecule has 17 heavy (non-hydrogen) atoms. The predicted molar refractivity (Wildman–Crippen MR) is 71.1 cm³/mol. The molecule has 0 radical (unpaired) electrons. The van der Waals surface area contributed by atoms with E-state index in [1.807, 2.05) is 13.8 Å². The summed E-state index contributed by atoms with van der Waals surface area (Å²) in [5.74, 6) is 0.167. The molecule has 1 aliphatic rings. The second kappa shape index (κ2) is 4.87. The monoisotopic (exact) mass is 243 g/mol. The van der Waals surface area contributed by atoms with Crippen LogP contribution in [0.4, 0.5) is 0 Å². The van der Waals surface area contributed by atoms with Crippen LogP contribution < -0.4 is 0 Å². The Balaban J connectivity index is 2.82. The molecule has 0 bridgehead atoms. The number of hydrogen-bond donors (Lipinski definition) is 1. The molecular formula is C14H29NO2. The first kappa shape index (κ1) is 14.9. The van der Waals surface area contributed by atoms with Crippen molar-refractivity contribution in [3.8, 4) is 0 Å². The fourth-order valence-corrected chi connectivity index (χ4v) is 2.96. The van der Waals surface area contributed by atoms with Crippen molar-refractivity contribution in [1.82, 2.24) is 4.90 Å². The number of nitrogens with zero attached hydrogens (tertiary/aromatic N) is 1. The van der Waals surface area contributed by atoms with Crippen LogP contribution in [0.25, 0.3) is 0 Å².